The predicted molar refractivity (Wildman–Crippen MR) is 106 cm³/mol. The van der Waals surface area contributed by atoms with E-state index in [0.29, 0.717) is 16.1 Å². The van der Waals surface area contributed by atoms with Crippen molar-refractivity contribution in [3.63, 3.8) is 0 Å². The molecule has 0 aliphatic heterocycles. The Kier molecular flexibility index (Phi) is 6.31. The third-order valence-corrected chi connectivity index (χ3v) is 5.85. The maximum Gasteiger partial charge on any atom is 0.338 e. The molecule has 0 aliphatic carbocycles. The molecule has 3 aromatic rings. The molecule has 1 N–H and O–H groups in total. The summed E-state index contributed by atoms with van der Waals surface area (Å²) in [6.45, 7) is 3.35. The fraction of sp³-hybridized carbons (Fsp3) is 0.211. The number of rotatable bonds is 7. The molecule has 2 aromatic carbocycles. The van der Waals surface area contributed by atoms with Crippen molar-refractivity contribution in [3.05, 3.63) is 64.4 Å². The van der Waals surface area contributed by atoms with Gasteiger partial charge in [-0.2, -0.15) is 4.98 Å². The number of halogens is 1. The van der Waals surface area contributed by atoms with Gasteiger partial charge in [0.1, 0.15) is 0 Å². The highest BCUT2D eigenvalue weighted by Crippen LogP contribution is 2.26. The summed E-state index contributed by atoms with van der Waals surface area (Å²) >= 11 is 6.10. The summed E-state index contributed by atoms with van der Waals surface area (Å²) in [6, 6.07) is 11.2. The Morgan fingerprint density at radius 3 is 2.72 bits per heavy atom. The molecule has 0 fully saturated rings. The number of nitrogens with zero attached hydrogens (tertiary/aromatic N) is 2. The largest absolute Gasteiger partial charge is 0.454 e. The zero-order valence-electron chi connectivity index (χ0n) is 15.7. The van der Waals surface area contributed by atoms with Gasteiger partial charge in [0.25, 0.3) is 5.89 Å². The fourth-order valence-electron chi connectivity index (χ4n) is 2.53. The maximum absolute atomic E-state index is 12.5. The smallest absolute Gasteiger partial charge is 0.338 e. The zero-order chi connectivity index (χ0) is 21.0. The minimum atomic E-state index is -3.69. The van der Waals surface area contributed by atoms with E-state index in [9.17, 15) is 13.2 Å². The number of carbonyl (C=O) groups excluding carboxylic acids is 1. The molecule has 1 heterocycles. The van der Waals surface area contributed by atoms with Crippen LogP contribution in [0.1, 0.15) is 28.7 Å². The monoisotopic (exact) mass is 435 g/mol. The van der Waals surface area contributed by atoms with Crippen molar-refractivity contribution < 1.29 is 22.5 Å². The summed E-state index contributed by atoms with van der Waals surface area (Å²) in [5.74, 6) is -0.334. The normalized spacial score (nSPS) is 11.4. The Balaban J connectivity index is 1.74. The quantitative estimate of drug-likeness (QED) is 0.566. The van der Waals surface area contributed by atoms with Gasteiger partial charge in [-0.05, 0) is 36.8 Å². The van der Waals surface area contributed by atoms with Gasteiger partial charge in [0, 0.05) is 6.54 Å². The first-order valence-corrected chi connectivity index (χ1v) is 10.5. The summed E-state index contributed by atoms with van der Waals surface area (Å²) in [5.41, 5.74) is 1.28. The van der Waals surface area contributed by atoms with Crippen LogP contribution in [0.4, 0.5) is 0 Å². The van der Waals surface area contributed by atoms with Crippen LogP contribution >= 0.6 is 11.6 Å². The first kappa shape index (κ1) is 21.0. The van der Waals surface area contributed by atoms with Crippen molar-refractivity contribution in [1.29, 1.82) is 0 Å². The lowest BCUT2D eigenvalue weighted by atomic mass is 10.1. The van der Waals surface area contributed by atoms with Gasteiger partial charge < -0.3 is 9.26 Å². The molecule has 3 rings (SSSR count). The van der Waals surface area contributed by atoms with Gasteiger partial charge in [-0.3, -0.25) is 0 Å². The number of aryl methyl sites for hydroxylation is 1. The fourth-order valence-corrected chi connectivity index (χ4v) is 3.81. The lowest BCUT2D eigenvalue weighted by Crippen LogP contribution is -2.23. The molecule has 0 unspecified atom stereocenters. The standard InChI is InChI=1S/C19H18ClN3O5S/c1-3-21-29(25,26)13-9-8-12(2)15(10-13)19(24)27-11-17-22-18(28-23-17)14-6-4-5-7-16(14)20/h4-10,21H,3,11H2,1-2H3. The number of carbonyl (C=O) groups is 1. The molecule has 29 heavy (non-hydrogen) atoms. The topological polar surface area (TPSA) is 111 Å². The highest BCUT2D eigenvalue weighted by Gasteiger charge is 2.19. The summed E-state index contributed by atoms with van der Waals surface area (Å²) < 4.78 is 37.1. The Bertz CT molecular complexity index is 1140. The predicted octanol–water partition coefficient (Wildman–Crippen LogP) is 3.35. The summed E-state index contributed by atoms with van der Waals surface area (Å²) in [6.07, 6.45) is 0. The number of aromatic nitrogens is 2. The Labute approximate surface area is 172 Å². The van der Waals surface area contributed by atoms with Crippen LogP contribution in [0.3, 0.4) is 0 Å². The van der Waals surface area contributed by atoms with Gasteiger partial charge in [0.2, 0.25) is 15.8 Å². The number of benzene rings is 2. The molecule has 8 nitrogen and oxygen atoms in total. The van der Waals surface area contributed by atoms with Gasteiger partial charge in [-0.25, -0.2) is 17.9 Å². The number of esters is 1. The summed E-state index contributed by atoms with van der Waals surface area (Å²) in [4.78, 5) is 16.6. The number of ether oxygens (including phenoxy) is 1. The van der Waals surface area contributed by atoms with E-state index in [2.05, 4.69) is 14.9 Å². The van der Waals surface area contributed by atoms with Crippen LogP contribution in [0.5, 0.6) is 0 Å². The Hall–Kier alpha value is -2.75. The SMILES string of the molecule is CCNS(=O)(=O)c1ccc(C)c(C(=O)OCc2noc(-c3ccccc3Cl)n2)c1. The lowest BCUT2D eigenvalue weighted by molar-refractivity contribution is 0.0458. The van der Waals surface area contributed by atoms with E-state index in [1.165, 1.54) is 12.1 Å². The number of hydrogen-bond donors (Lipinski definition) is 1. The van der Waals surface area contributed by atoms with Crippen molar-refractivity contribution in [2.45, 2.75) is 25.3 Å². The molecular formula is C19H18ClN3O5S. The summed E-state index contributed by atoms with van der Waals surface area (Å²) in [5, 5.41) is 4.23. The van der Waals surface area contributed by atoms with Crippen LogP contribution in [-0.4, -0.2) is 31.1 Å². The molecular weight excluding hydrogens is 418 g/mol. The zero-order valence-corrected chi connectivity index (χ0v) is 17.2. The van der Waals surface area contributed by atoms with Crippen LogP contribution in [0.15, 0.2) is 51.9 Å². The Morgan fingerprint density at radius 1 is 1.24 bits per heavy atom. The molecule has 152 valence electrons. The van der Waals surface area contributed by atoms with Crippen molar-refractivity contribution in [1.82, 2.24) is 14.9 Å². The van der Waals surface area contributed by atoms with E-state index in [4.69, 9.17) is 20.9 Å². The third kappa shape index (κ3) is 4.81. The van der Waals surface area contributed by atoms with Gasteiger partial charge in [0.15, 0.2) is 6.61 Å². The molecule has 0 amide bonds. The van der Waals surface area contributed by atoms with E-state index >= 15 is 0 Å². The first-order chi connectivity index (χ1) is 13.8. The van der Waals surface area contributed by atoms with E-state index < -0.39 is 16.0 Å². The lowest BCUT2D eigenvalue weighted by Gasteiger charge is -2.09. The second-order valence-electron chi connectivity index (χ2n) is 6.05. The number of hydrogen-bond acceptors (Lipinski definition) is 7. The van der Waals surface area contributed by atoms with Gasteiger partial charge in [-0.15, -0.1) is 0 Å². The van der Waals surface area contributed by atoms with Crippen molar-refractivity contribution in [2.75, 3.05) is 6.54 Å². The highest BCUT2D eigenvalue weighted by molar-refractivity contribution is 7.89. The van der Waals surface area contributed by atoms with Crippen molar-refractivity contribution in [2.24, 2.45) is 0 Å². The van der Waals surface area contributed by atoms with Crippen LogP contribution < -0.4 is 4.72 Å². The second-order valence-corrected chi connectivity index (χ2v) is 8.22. The van der Waals surface area contributed by atoms with Crippen molar-refractivity contribution >= 4 is 27.6 Å². The molecule has 0 saturated carbocycles. The molecule has 10 heteroatoms. The van der Waals surface area contributed by atoms with Gasteiger partial charge >= 0.3 is 5.97 Å². The molecule has 0 bridgehead atoms. The average molecular weight is 436 g/mol. The van der Waals surface area contributed by atoms with E-state index in [-0.39, 0.29) is 35.3 Å². The average Bonchev–Trinajstić information content (AvgIpc) is 3.15. The van der Waals surface area contributed by atoms with Gasteiger partial charge in [0.05, 0.1) is 21.0 Å². The molecule has 0 saturated heterocycles. The first-order valence-electron chi connectivity index (χ1n) is 8.66. The van der Waals surface area contributed by atoms with Crippen LogP contribution in [-0.2, 0) is 21.4 Å². The van der Waals surface area contributed by atoms with Crippen LogP contribution in [0.25, 0.3) is 11.5 Å². The van der Waals surface area contributed by atoms with Crippen molar-refractivity contribution in [3.8, 4) is 11.5 Å². The third-order valence-electron chi connectivity index (χ3n) is 3.98. The molecule has 0 radical (unpaired) electrons. The second kappa shape index (κ2) is 8.73. The number of nitrogens with one attached hydrogen (secondary N) is 1. The van der Waals surface area contributed by atoms with Gasteiger partial charge in [-0.1, -0.05) is 41.9 Å². The maximum atomic E-state index is 12.5. The van der Waals surface area contributed by atoms with E-state index in [1.54, 1.807) is 44.2 Å². The minimum Gasteiger partial charge on any atom is -0.454 e. The van der Waals surface area contributed by atoms with Crippen LogP contribution in [0.2, 0.25) is 5.02 Å². The van der Waals surface area contributed by atoms with E-state index in [1.807, 2.05) is 0 Å². The summed E-state index contributed by atoms with van der Waals surface area (Å²) in [7, 11) is -3.69. The Morgan fingerprint density at radius 2 is 2.00 bits per heavy atom. The molecule has 0 atom stereocenters. The molecule has 0 aliphatic rings. The molecule has 1 aromatic heterocycles. The van der Waals surface area contributed by atoms with E-state index in [0.717, 1.165) is 0 Å². The highest BCUT2D eigenvalue weighted by atomic mass is 35.5. The minimum absolute atomic E-state index is 0.0162. The number of sulfonamides is 1. The van der Waals surface area contributed by atoms with Crippen LogP contribution in [0, 0.1) is 6.92 Å². The molecule has 0 spiro atoms.